The zero-order valence-electron chi connectivity index (χ0n) is 15.4. The Morgan fingerprint density at radius 1 is 1.21 bits per heavy atom. The van der Waals surface area contributed by atoms with Crippen LogP contribution >= 0.6 is 0 Å². The maximum atomic E-state index is 13.0. The number of carbonyl (C=O) groups is 2. The third-order valence-corrected chi connectivity index (χ3v) is 4.86. The highest BCUT2D eigenvalue weighted by Crippen LogP contribution is 2.37. The van der Waals surface area contributed by atoms with Crippen LogP contribution in [0.4, 0.5) is 11.5 Å². The van der Waals surface area contributed by atoms with Crippen LogP contribution in [0.5, 0.6) is 0 Å². The van der Waals surface area contributed by atoms with Gasteiger partial charge in [-0.3, -0.25) is 9.59 Å². The minimum absolute atomic E-state index is 0.0431. The quantitative estimate of drug-likeness (QED) is 0.491. The summed E-state index contributed by atoms with van der Waals surface area (Å²) >= 11 is 0. The summed E-state index contributed by atoms with van der Waals surface area (Å²) < 4.78 is 1.52. The van der Waals surface area contributed by atoms with Crippen molar-refractivity contribution >= 4 is 34.5 Å². The van der Waals surface area contributed by atoms with Crippen molar-refractivity contribution in [3.05, 3.63) is 54.2 Å². The molecule has 0 radical (unpaired) electrons. The van der Waals surface area contributed by atoms with Crippen molar-refractivity contribution < 1.29 is 9.59 Å². The monoisotopic (exact) mass is 388 g/mol. The average Bonchev–Trinajstić information content (AvgIpc) is 3.32. The van der Waals surface area contributed by atoms with Crippen LogP contribution < -0.4 is 10.6 Å². The highest BCUT2D eigenvalue weighted by atomic mass is 16.2. The Morgan fingerprint density at radius 2 is 2.03 bits per heavy atom. The number of carbonyl (C=O) groups excluding carboxylic acids is 2. The van der Waals surface area contributed by atoms with E-state index in [1.54, 1.807) is 19.1 Å². The summed E-state index contributed by atoms with van der Waals surface area (Å²) in [4.78, 5) is 40.9. The Hall–Kier alpha value is -4.08. The van der Waals surface area contributed by atoms with Crippen LogP contribution in [0.3, 0.4) is 0 Å². The number of aryl methyl sites for hydroxylation is 1. The molecule has 0 aliphatic carbocycles. The van der Waals surface area contributed by atoms with Crippen molar-refractivity contribution in [3.8, 4) is 5.82 Å². The number of benzene rings is 1. The average molecular weight is 388 g/mol. The first-order chi connectivity index (χ1) is 14.1. The molecule has 144 valence electrons. The summed E-state index contributed by atoms with van der Waals surface area (Å²) in [6, 6.07) is 9.14. The number of imidazole rings is 1. The molecule has 0 spiro atoms. The van der Waals surface area contributed by atoms with E-state index in [1.807, 2.05) is 18.2 Å². The van der Waals surface area contributed by atoms with Crippen LogP contribution in [0.25, 0.3) is 17.0 Å². The lowest BCUT2D eigenvalue weighted by molar-refractivity contribution is -0.123. The molecule has 0 bridgehead atoms. The van der Waals surface area contributed by atoms with E-state index in [0.29, 0.717) is 39.7 Å². The SMILES string of the molecule is Cc1nn(-c2ncnc3nc[nH]c23)c2c1C(C(=O)Nc1ccccc1)CC(=O)N2. The number of H-pyrrole nitrogens is 1. The molecule has 1 aliphatic heterocycles. The van der Waals surface area contributed by atoms with Gasteiger partial charge in [0.15, 0.2) is 11.5 Å². The number of nitrogens with one attached hydrogen (secondary N) is 3. The molecular formula is C19H16N8O2. The first-order valence-corrected chi connectivity index (χ1v) is 9.01. The minimum Gasteiger partial charge on any atom is -0.340 e. The molecule has 4 aromatic rings. The van der Waals surface area contributed by atoms with Gasteiger partial charge in [0.1, 0.15) is 17.7 Å². The third-order valence-electron chi connectivity index (χ3n) is 4.86. The molecule has 0 saturated carbocycles. The van der Waals surface area contributed by atoms with Crippen molar-refractivity contribution in [1.29, 1.82) is 0 Å². The Labute approximate surface area is 164 Å². The van der Waals surface area contributed by atoms with Crippen LogP contribution in [0.2, 0.25) is 0 Å². The topological polar surface area (TPSA) is 130 Å². The Balaban J connectivity index is 1.60. The zero-order valence-corrected chi connectivity index (χ0v) is 15.4. The summed E-state index contributed by atoms with van der Waals surface area (Å²) in [5, 5.41) is 10.3. The molecule has 1 aliphatic rings. The van der Waals surface area contributed by atoms with Gasteiger partial charge in [0.05, 0.1) is 17.9 Å². The van der Waals surface area contributed by atoms with Crippen molar-refractivity contribution in [2.75, 3.05) is 10.6 Å². The standard InChI is InChI=1S/C19H16N8O2/c1-10-14-12(19(29)24-11-5-3-2-4-6-11)7-13(28)25-17(14)27(26-10)18-15-16(21-8-20-15)22-9-23-18/h2-6,8-9,12H,7H2,1H3,(H,24,29)(H,25,28)(H,20,21,22,23). The van der Waals surface area contributed by atoms with Crippen LogP contribution in [0.1, 0.15) is 23.6 Å². The Bertz CT molecular complexity index is 1240. The fourth-order valence-corrected chi connectivity index (χ4v) is 3.59. The van der Waals surface area contributed by atoms with Gasteiger partial charge in [-0.15, -0.1) is 0 Å². The molecule has 3 N–H and O–H groups in total. The van der Waals surface area contributed by atoms with E-state index >= 15 is 0 Å². The molecule has 4 heterocycles. The van der Waals surface area contributed by atoms with E-state index in [0.717, 1.165) is 0 Å². The maximum Gasteiger partial charge on any atom is 0.232 e. The lowest BCUT2D eigenvalue weighted by Gasteiger charge is -2.23. The number of para-hydroxylation sites is 1. The fraction of sp³-hybridized carbons (Fsp3) is 0.158. The molecule has 10 heteroatoms. The molecule has 5 rings (SSSR count). The van der Waals surface area contributed by atoms with Gasteiger partial charge >= 0.3 is 0 Å². The van der Waals surface area contributed by atoms with E-state index in [2.05, 4.69) is 35.7 Å². The summed E-state index contributed by atoms with van der Waals surface area (Å²) in [5.41, 5.74) is 3.05. The molecule has 1 unspecified atom stereocenters. The second-order valence-corrected chi connectivity index (χ2v) is 6.72. The van der Waals surface area contributed by atoms with Gasteiger partial charge in [0.25, 0.3) is 0 Å². The number of anilines is 2. The molecule has 1 atom stereocenters. The highest BCUT2D eigenvalue weighted by Gasteiger charge is 2.36. The molecule has 0 saturated heterocycles. The van der Waals surface area contributed by atoms with Gasteiger partial charge in [-0.1, -0.05) is 18.2 Å². The number of rotatable bonds is 3. The van der Waals surface area contributed by atoms with Gasteiger partial charge in [-0.05, 0) is 19.1 Å². The summed E-state index contributed by atoms with van der Waals surface area (Å²) in [7, 11) is 0. The number of aromatic amines is 1. The van der Waals surface area contributed by atoms with Crippen molar-refractivity contribution in [3.63, 3.8) is 0 Å². The van der Waals surface area contributed by atoms with Gasteiger partial charge in [-0.25, -0.2) is 15.0 Å². The van der Waals surface area contributed by atoms with Crippen molar-refractivity contribution in [2.24, 2.45) is 0 Å². The largest absolute Gasteiger partial charge is 0.340 e. The van der Waals surface area contributed by atoms with Gasteiger partial charge < -0.3 is 15.6 Å². The normalized spacial score (nSPS) is 15.8. The van der Waals surface area contributed by atoms with E-state index < -0.39 is 5.92 Å². The molecule has 1 aromatic carbocycles. The van der Waals surface area contributed by atoms with Crippen LogP contribution in [-0.4, -0.2) is 41.5 Å². The predicted octanol–water partition coefficient (Wildman–Crippen LogP) is 1.91. The predicted molar refractivity (Wildman–Crippen MR) is 105 cm³/mol. The molecule has 29 heavy (non-hydrogen) atoms. The summed E-state index contributed by atoms with van der Waals surface area (Å²) in [5.74, 6) is -0.305. The zero-order chi connectivity index (χ0) is 20.0. The molecule has 2 amide bonds. The first-order valence-electron chi connectivity index (χ1n) is 9.01. The Morgan fingerprint density at radius 3 is 2.86 bits per heavy atom. The highest BCUT2D eigenvalue weighted by molar-refractivity contribution is 6.05. The van der Waals surface area contributed by atoms with Crippen molar-refractivity contribution in [2.45, 2.75) is 19.3 Å². The Kier molecular flexibility index (Phi) is 3.83. The summed E-state index contributed by atoms with van der Waals surface area (Å²) in [6.45, 7) is 1.81. The van der Waals surface area contributed by atoms with E-state index in [1.165, 1.54) is 17.3 Å². The molecular weight excluding hydrogens is 372 g/mol. The van der Waals surface area contributed by atoms with Crippen molar-refractivity contribution in [1.82, 2.24) is 29.7 Å². The minimum atomic E-state index is -0.660. The van der Waals surface area contributed by atoms with Gasteiger partial charge in [0, 0.05) is 17.7 Å². The smallest absolute Gasteiger partial charge is 0.232 e. The van der Waals surface area contributed by atoms with Gasteiger partial charge in [-0.2, -0.15) is 9.78 Å². The second-order valence-electron chi connectivity index (χ2n) is 6.72. The first kappa shape index (κ1) is 17.0. The maximum absolute atomic E-state index is 13.0. The molecule has 0 fully saturated rings. The molecule has 3 aromatic heterocycles. The van der Waals surface area contributed by atoms with Crippen LogP contribution in [0.15, 0.2) is 43.0 Å². The number of nitrogens with zero attached hydrogens (tertiary/aromatic N) is 5. The van der Waals surface area contributed by atoms with Gasteiger partial charge in [0.2, 0.25) is 11.8 Å². The third kappa shape index (κ3) is 2.81. The van der Waals surface area contributed by atoms with Crippen LogP contribution in [0, 0.1) is 6.92 Å². The lowest BCUT2D eigenvalue weighted by Crippen LogP contribution is -2.31. The number of hydrogen-bond acceptors (Lipinski definition) is 6. The number of fused-ring (bicyclic) bond motifs is 2. The molecule has 10 nitrogen and oxygen atoms in total. The number of hydrogen-bond donors (Lipinski definition) is 3. The second kappa shape index (κ2) is 6.51. The number of amides is 2. The van der Waals surface area contributed by atoms with Crippen LogP contribution in [-0.2, 0) is 9.59 Å². The summed E-state index contributed by atoms with van der Waals surface area (Å²) in [6.07, 6.45) is 2.94. The van der Waals surface area contributed by atoms with E-state index in [4.69, 9.17) is 0 Å². The van der Waals surface area contributed by atoms with E-state index in [-0.39, 0.29) is 18.2 Å². The van der Waals surface area contributed by atoms with E-state index in [9.17, 15) is 9.59 Å². The fourth-order valence-electron chi connectivity index (χ4n) is 3.59. The lowest BCUT2D eigenvalue weighted by atomic mass is 9.91. The number of aromatic nitrogens is 6.